The molecule has 2 fully saturated rings. The molecule has 3 aromatic rings. The van der Waals surface area contributed by atoms with Crippen molar-refractivity contribution in [2.45, 2.75) is 64.6 Å². The smallest absolute Gasteiger partial charge is 0.324 e. The molecule has 0 spiro atoms. The van der Waals surface area contributed by atoms with Crippen molar-refractivity contribution in [3.05, 3.63) is 46.7 Å². The van der Waals surface area contributed by atoms with Crippen LogP contribution in [0.5, 0.6) is 0 Å². The Kier molecular flexibility index (Phi) is 5.65. The molecule has 3 aliphatic heterocycles. The van der Waals surface area contributed by atoms with Crippen molar-refractivity contribution in [3.8, 4) is 0 Å². The number of imidazole rings is 1. The number of nitrogens with one attached hydrogen (secondary N) is 3. The lowest BCUT2D eigenvalue weighted by atomic mass is 9.95. The van der Waals surface area contributed by atoms with Gasteiger partial charge in [-0.1, -0.05) is 19.9 Å². The molecule has 5 heterocycles. The molecule has 3 N–H and O–H groups in total. The van der Waals surface area contributed by atoms with Gasteiger partial charge in [-0.15, -0.1) is 0 Å². The molecule has 1 aromatic carbocycles. The molecule has 2 saturated heterocycles. The van der Waals surface area contributed by atoms with E-state index in [0.717, 1.165) is 28.0 Å². The Balaban J connectivity index is 1.25. The molecule has 0 aliphatic carbocycles. The van der Waals surface area contributed by atoms with Crippen LogP contribution in [0, 0.1) is 6.92 Å². The van der Waals surface area contributed by atoms with Gasteiger partial charge in [0, 0.05) is 42.8 Å². The van der Waals surface area contributed by atoms with Crippen LogP contribution in [0.3, 0.4) is 0 Å². The van der Waals surface area contributed by atoms with Gasteiger partial charge in [-0.25, -0.2) is 14.6 Å². The number of likely N-dealkylation sites (tertiary alicyclic amines) is 1. The van der Waals surface area contributed by atoms with E-state index in [1.54, 1.807) is 9.80 Å². The van der Waals surface area contributed by atoms with Crippen molar-refractivity contribution in [3.63, 3.8) is 0 Å². The van der Waals surface area contributed by atoms with Crippen LogP contribution >= 0.6 is 0 Å². The van der Waals surface area contributed by atoms with E-state index >= 15 is 0 Å². The summed E-state index contributed by atoms with van der Waals surface area (Å²) in [7, 11) is 0. The number of hydrogen-bond donors (Lipinski definition) is 3. The van der Waals surface area contributed by atoms with E-state index < -0.39 is 0 Å². The summed E-state index contributed by atoms with van der Waals surface area (Å²) in [6.45, 7) is 8.23. The average molecular weight is 505 g/mol. The first-order valence-electron chi connectivity index (χ1n) is 13.0. The maximum absolute atomic E-state index is 13.4. The van der Waals surface area contributed by atoms with Gasteiger partial charge in [0.2, 0.25) is 5.91 Å². The number of nitrogens with zero attached hydrogens (tertiary/aromatic N) is 5. The molecule has 11 heteroatoms. The first kappa shape index (κ1) is 23.5. The van der Waals surface area contributed by atoms with Crippen LogP contribution in [0.1, 0.15) is 66.9 Å². The van der Waals surface area contributed by atoms with Crippen LogP contribution < -0.4 is 10.6 Å². The second-order valence-corrected chi connectivity index (χ2v) is 10.7. The molecule has 37 heavy (non-hydrogen) atoms. The number of benzene rings is 1. The molecule has 0 saturated carbocycles. The Morgan fingerprint density at radius 1 is 1.16 bits per heavy atom. The Labute approximate surface area is 214 Å². The predicted molar refractivity (Wildman–Crippen MR) is 136 cm³/mol. The average Bonchev–Trinajstić information content (AvgIpc) is 3.57. The zero-order chi connectivity index (χ0) is 25.8. The van der Waals surface area contributed by atoms with Crippen molar-refractivity contribution in [2.24, 2.45) is 0 Å². The normalized spacial score (nSPS) is 20.3. The third-order valence-electron chi connectivity index (χ3n) is 8.01. The molecule has 5 amide bonds. The summed E-state index contributed by atoms with van der Waals surface area (Å²) in [5, 5.41) is 14.2. The Hall–Kier alpha value is -3.89. The molecule has 3 aliphatic rings. The molecule has 0 unspecified atom stereocenters. The maximum atomic E-state index is 13.4. The number of carbonyl (C=O) groups excluding carboxylic acids is 3. The first-order chi connectivity index (χ1) is 17.8. The lowest BCUT2D eigenvalue weighted by molar-refractivity contribution is -0.118. The lowest BCUT2D eigenvalue weighted by Crippen LogP contribution is -2.51. The Morgan fingerprint density at radius 3 is 2.65 bits per heavy atom. The van der Waals surface area contributed by atoms with Gasteiger partial charge in [0.25, 0.3) is 0 Å². The number of aryl methyl sites for hydroxylation is 1. The van der Waals surface area contributed by atoms with Crippen LogP contribution in [0.15, 0.2) is 18.5 Å². The van der Waals surface area contributed by atoms with E-state index in [-0.39, 0.29) is 42.5 Å². The number of H-pyrrole nitrogens is 1. The summed E-state index contributed by atoms with van der Waals surface area (Å²) in [5.74, 6) is 0.890. The quantitative estimate of drug-likeness (QED) is 0.472. The minimum absolute atomic E-state index is 0.0342. The van der Waals surface area contributed by atoms with Crippen LogP contribution in [-0.4, -0.2) is 73.2 Å². The molecule has 1 atom stereocenters. The van der Waals surface area contributed by atoms with E-state index in [1.807, 2.05) is 12.4 Å². The second kappa shape index (κ2) is 8.89. The lowest BCUT2D eigenvalue weighted by Gasteiger charge is -2.36. The van der Waals surface area contributed by atoms with Crippen molar-refractivity contribution in [1.29, 1.82) is 0 Å². The number of hydrogen-bond acceptors (Lipinski definition) is 5. The summed E-state index contributed by atoms with van der Waals surface area (Å²) < 4.78 is 2.25. The van der Waals surface area contributed by atoms with Crippen molar-refractivity contribution in [1.82, 2.24) is 40.2 Å². The molecule has 11 nitrogen and oxygen atoms in total. The van der Waals surface area contributed by atoms with E-state index in [4.69, 9.17) is 4.98 Å². The maximum Gasteiger partial charge on any atom is 0.324 e. The molecular weight excluding hydrogens is 472 g/mol. The summed E-state index contributed by atoms with van der Waals surface area (Å²) >= 11 is 0. The van der Waals surface area contributed by atoms with E-state index in [9.17, 15) is 14.4 Å². The summed E-state index contributed by atoms with van der Waals surface area (Å²) in [6, 6.07) is 1.43. The highest BCUT2D eigenvalue weighted by atomic mass is 16.2. The second-order valence-electron chi connectivity index (χ2n) is 10.7. The number of carbonyl (C=O) groups is 3. The summed E-state index contributed by atoms with van der Waals surface area (Å²) in [6.07, 6.45) is 5.75. The number of rotatable bonds is 3. The molecule has 6 rings (SSSR count). The summed E-state index contributed by atoms with van der Waals surface area (Å²) in [4.78, 5) is 45.2. The van der Waals surface area contributed by atoms with E-state index in [2.05, 4.69) is 52.2 Å². The van der Waals surface area contributed by atoms with Gasteiger partial charge < -0.3 is 19.7 Å². The number of aromatic nitrogens is 4. The number of piperidine rings is 1. The molecular formula is C26H32N8O3. The van der Waals surface area contributed by atoms with Gasteiger partial charge in [-0.2, -0.15) is 5.10 Å². The zero-order valence-corrected chi connectivity index (χ0v) is 21.4. The van der Waals surface area contributed by atoms with E-state index in [1.165, 1.54) is 11.1 Å². The molecule has 0 radical (unpaired) electrons. The highest BCUT2D eigenvalue weighted by Crippen LogP contribution is 2.34. The Bertz CT molecular complexity index is 1400. The number of urea groups is 2. The van der Waals surface area contributed by atoms with Crippen molar-refractivity contribution < 1.29 is 14.4 Å². The fourth-order valence-corrected chi connectivity index (χ4v) is 6.05. The van der Waals surface area contributed by atoms with Crippen LogP contribution in [-0.2, 0) is 17.8 Å². The predicted octanol–water partition coefficient (Wildman–Crippen LogP) is 2.56. The fourth-order valence-electron chi connectivity index (χ4n) is 6.05. The minimum atomic E-state index is -0.333. The van der Waals surface area contributed by atoms with Gasteiger partial charge in [0.15, 0.2) is 0 Å². The number of imide groups is 1. The zero-order valence-electron chi connectivity index (χ0n) is 21.4. The largest absolute Gasteiger partial charge is 0.328 e. The molecule has 194 valence electrons. The number of amides is 5. The highest BCUT2D eigenvalue weighted by Gasteiger charge is 2.36. The first-order valence-corrected chi connectivity index (χ1v) is 13.0. The summed E-state index contributed by atoms with van der Waals surface area (Å²) in [5.41, 5.74) is 5.72. The third kappa shape index (κ3) is 4.02. The minimum Gasteiger partial charge on any atom is -0.328 e. The van der Waals surface area contributed by atoms with Crippen molar-refractivity contribution in [2.75, 3.05) is 19.6 Å². The SMILES string of the molecule is Cc1cc2c(c3cn[nH]c13)Cn1c(C(C)C)cnc1[C@H](NC(=O)N1CCC(N3CC(=O)NC3=O)CC1)C2. The van der Waals surface area contributed by atoms with Crippen LogP contribution in [0.2, 0.25) is 0 Å². The monoisotopic (exact) mass is 504 g/mol. The molecule has 2 aromatic heterocycles. The Morgan fingerprint density at radius 2 is 1.95 bits per heavy atom. The van der Waals surface area contributed by atoms with Gasteiger partial charge in [-0.3, -0.25) is 15.2 Å². The standard InChI is InChI=1S/C26H32N8O3/c1-14(2)21-11-27-24-20(9-16-8-15(3)23-18(10-28-31-23)19(16)12-34(21)24)29-25(36)32-6-4-17(5-7-32)33-13-22(35)30-26(33)37/h8,10-11,14,17,20H,4-7,9,12-13H2,1-3H3,(H,28,31)(H,29,36)(H,30,35,37)/t20-/m1/s1. The fraction of sp³-hybridized carbons (Fsp3) is 0.500. The number of aromatic amines is 1. The van der Waals surface area contributed by atoms with Crippen molar-refractivity contribution >= 4 is 28.9 Å². The van der Waals surface area contributed by atoms with Gasteiger partial charge in [0.05, 0.1) is 24.3 Å². The molecule has 0 bridgehead atoms. The highest BCUT2D eigenvalue weighted by molar-refractivity contribution is 6.02. The third-order valence-corrected chi connectivity index (χ3v) is 8.01. The van der Waals surface area contributed by atoms with Gasteiger partial charge in [-0.05, 0) is 42.4 Å². The topological polar surface area (TPSA) is 128 Å². The van der Waals surface area contributed by atoms with E-state index in [0.29, 0.717) is 38.9 Å². The van der Waals surface area contributed by atoms with Crippen LogP contribution in [0.4, 0.5) is 9.59 Å². The van der Waals surface area contributed by atoms with Crippen LogP contribution in [0.25, 0.3) is 10.9 Å². The van der Waals surface area contributed by atoms with Gasteiger partial charge >= 0.3 is 12.1 Å². The number of fused-ring (bicyclic) bond motifs is 4. The van der Waals surface area contributed by atoms with Gasteiger partial charge in [0.1, 0.15) is 12.4 Å².